The van der Waals surface area contributed by atoms with Crippen molar-refractivity contribution < 1.29 is 22.7 Å². The van der Waals surface area contributed by atoms with Gasteiger partial charge in [0.15, 0.2) is 0 Å². The summed E-state index contributed by atoms with van der Waals surface area (Å²) < 4.78 is 37.3. The van der Waals surface area contributed by atoms with E-state index < -0.39 is 16.0 Å². The van der Waals surface area contributed by atoms with Gasteiger partial charge < -0.3 is 9.47 Å². The number of carbonyl (C=O) groups is 1. The first-order chi connectivity index (χ1) is 12.3. The number of methoxy groups -OCH3 is 1. The Hall–Kier alpha value is -2.38. The Kier molecular flexibility index (Phi) is 6.39. The van der Waals surface area contributed by atoms with Gasteiger partial charge >= 0.3 is 5.97 Å². The monoisotopic (exact) mass is 377 g/mol. The highest BCUT2D eigenvalue weighted by Gasteiger charge is 2.24. The first kappa shape index (κ1) is 19.9. The lowest BCUT2D eigenvalue weighted by molar-refractivity contribution is 0.0600. The van der Waals surface area contributed by atoms with Crippen molar-refractivity contribution in [2.24, 2.45) is 0 Å². The summed E-state index contributed by atoms with van der Waals surface area (Å²) in [5, 5.41) is 0. The van der Waals surface area contributed by atoms with Gasteiger partial charge in [0.1, 0.15) is 5.75 Å². The number of carbonyl (C=O) groups excluding carboxylic acids is 1. The molecule has 0 radical (unpaired) electrons. The zero-order valence-electron chi connectivity index (χ0n) is 15.4. The second-order valence-electron chi connectivity index (χ2n) is 5.81. The standard InChI is InChI=1S/C19H23NO5S/c1-5-25-17-8-6-7-15(11-17)13-20(3)26(22,23)18-12-16(19(21)24-4)10-9-14(18)2/h6-12H,5,13H2,1-4H3. The average molecular weight is 377 g/mol. The minimum atomic E-state index is -3.77. The molecule has 0 unspecified atom stereocenters. The number of benzene rings is 2. The summed E-state index contributed by atoms with van der Waals surface area (Å²) >= 11 is 0. The third-order valence-electron chi connectivity index (χ3n) is 3.91. The van der Waals surface area contributed by atoms with Crippen LogP contribution in [0, 0.1) is 6.92 Å². The van der Waals surface area contributed by atoms with Crippen molar-refractivity contribution in [1.82, 2.24) is 4.31 Å². The second kappa shape index (κ2) is 8.33. The van der Waals surface area contributed by atoms with E-state index in [1.54, 1.807) is 19.1 Å². The number of ether oxygens (including phenoxy) is 2. The molecule has 0 aliphatic heterocycles. The van der Waals surface area contributed by atoms with Gasteiger partial charge in [-0.15, -0.1) is 0 Å². The largest absolute Gasteiger partial charge is 0.494 e. The second-order valence-corrected chi connectivity index (χ2v) is 7.83. The molecule has 0 heterocycles. The molecule has 0 aliphatic rings. The van der Waals surface area contributed by atoms with Crippen LogP contribution in [0.2, 0.25) is 0 Å². The van der Waals surface area contributed by atoms with Crippen LogP contribution in [0.15, 0.2) is 47.4 Å². The third-order valence-corrected chi connectivity index (χ3v) is 5.86. The molecule has 0 N–H and O–H groups in total. The van der Waals surface area contributed by atoms with Crippen molar-refractivity contribution in [3.8, 4) is 5.75 Å². The molecule has 0 amide bonds. The first-order valence-corrected chi connectivity index (χ1v) is 9.60. The molecule has 6 nitrogen and oxygen atoms in total. The molecule has 0 aromatic heterocycles. The molecule has 2 aromatic carbocycles. The van der Waals surface area contributed by atoms with E-state index >= 15 is 0 Å². The summed E-state index contributed by atoms with van der Waals surface area (Å²) in [6.45, 7) is 4.31. The third kappa shape index (κ3) is 4.42. The summed E-state index contributed by atoms with van der Waals surface area (Å²) in [6.07, 6.45) is 0. The summed E-state index contributed by atoms with van der Waals surface area (Å²) in [6, 6.07) is 11.8. The molecule has 0 saturated carbocycles. The SMILES string of the molecule is CCOc1cccc(CN(C)S(=O)(=O)c2cc(C(=O)OC)ccc2C)c1. The summed E-state index contributed by atoms with van der Waals surface area (Å²) in [7, 11) is -1.01. The minimum absolute atomic E-state index is 0.0869. The maximum absolute atomic E-state index is 13.0. The number of rotatable bonds is 7. The molecule has 0 spiro atoms. The summed E-state index contributed by atoms with van der Waals surface area (Å²) in [5.74, 6) is 0.119. The van der Waals surface area contributed by atoms with Crippen LogP contribution in [0.1, 0.15) is 28.4 Å². The molecule has 2 rings (SSSR count). The number of hydrogen-bond donors (Lipinski definition) is 0. The van der Waals surface area contributed by atoms with Crippen LogP contribution in [-0.2, 0) is 21.3 Å². The van der Waals surface area contributed by atoms with Crippen LogP contribution in [-0.4, -0.2) is 39.5 Å². The zero-order valence-corrected chi connectivity index (χ0v) is 16.2. The fraction of sp³-hybridized carbons (Fsp3) is 0.316. The molecular weight excluding hydrogens is 354 g/mol. The molecule has 0 bridgehead atoms. The van der Waals surface area contributed by atoms with Gasteiger partial charge in [-0.05, 0) is 49.2 Å². The summed E-state index contributed by atoms with van der Waals surface area (Å²) in [4.78, 5) is 11.8. The molecule has 2 aromatic rings. The van der Waals surface area contributed by atoms with Crippen LogP contribution in [0.5, 0.6) is 5.75 Å². The van der Waals surface area contributed by atoms with E-state index in [0.29, 0.717) is 17.9 Å². The van der Waals surface area contributed by atoms with Crippen LogP contribution >= 0.6 is 0 Å². The quantitative estimate of drug-likeness (QED) is 0.694. The Bertz CT molecular complexity index is 893. The number of nitrogens with zero attached hydrogens (tertiary/aromatic N) is 1. The highest BCUT2D eigenvalue weighted by molar-refractivity contribution is 7.89. The fourth-order valence-electron chi connectivity index (χ4n) is 2.53. The van der Waals surface area contributed by atoms with Crippen LogP contribution in [0.3, 0.4) is 0 Å². The van der Waals surface area contributed by atoms with Gasteiger partial charge in [0.05, 0.1) is 24.2 Å². The average Bonchev–Trinajstić information content (AvgIpc) is 2.61. The highest BCUT2D eigenvalue weighted by Crippen LogP contribution is 2.23. The van der Waals surface area contributed by atoms with E-state index in [1.807, 2.05) is 31.2 Å². The summed E-state index contributed by atoms with van der Waals surface area (Å²) in [5.41, 5.74) is 1.57. The number of esters is 1. The number of sulfonamides is 1. The van der Waals surface area contributed by atoms with Crippen molar-refractivity contribution in [2.45, 2.75) is 25.3 Å². The molecule has 26 heavy (non-hydrogen) atoms. The van der Waals surface area contributed by atoms with Crippen molar-refractivity contribution in [1.29, 1.82) is 0 Å². The van der Waals surface area contributed by atoms with E-state index in [0.717, 1.165) is 5.56 Å². The Morgan fingerprint density at radius 1 is 1.15 bits per heavy atom. The van der Waals surface area contributed by atoms with Gasteiger partial charge in [-0.1, -0.05) is 18.2 Å². The molecule has 0 fully saturated rings. The van der Waals surface area contributed by atoms with Gasteiger partial charge in [0, 0.05) is 13.6 Å². The van der Waals surface area contributed by atoms with Gasteiger partial charge in [0.2, 0.25) is 10.0 Å². The fourth-order valence-corrected chi connectivity index (χ4v) is 3.94. The molecule has 140 valence electrons. The van der Waals surface area contributed by atoms with Crippen molar-refractivity contribution in [3.63, 3.8) is 0 Å². The van der Waals surface area contributed by atoms with E-state index in [1.165, 1.54) is 24.5 Å². The van der Waals surface area contributed by atoms with E-state index in [-0.39, 0.29) is 17.0 Å². The minimum Gasteiger partial charge on any atom is -0.494 e. The Morgan fingerprint density at radius 2 is 1.88 bits per heavy atom. The molecule has 0 atom stereocenters. The number of hydrogen-bond acceptors (Lipinski definition) is 5. The van der Waals surface area contributed by atoms with Crippen LogP contribution in [0.4, 0.5) is 0 Å². The van der Waals surface area contributed by atoms with Crippen LogP contribution in [0.25, 0.3) is 0 Å². The lowest BCUT2D eigenvalue weighted by atomic mass is 10.1. The maximum atomic E-state index is 13.0. The topological polar surface area (TPSA) is 72.9 Å². The predicted molar refractivity (Wildman–Crippen MR) is 98.8 cm³/mol. The van der Waals surface area contributed by atoms with Crippen molar-refractivity contribution in [3.05, 3.63) is 59.2 Å². The van der Waals surface area contributed by atoms with Gasteiger partial charge in [0.25, 0.3) is 0 Å². The first-order valence-electron chi connectivity index (χ1n) is 8.16. The number of aryl methyl sites for hydroxylation is 1. The van der Waals surface area contributed by atoms with E-state index in [2.05, 4.69) is 4.74 Å². The molecule has 0 aliphatic carbocycles. The van der Waals surface area contributed by atoms with Gasteiger partial charge in [-0.3, -0.25) is 0 Å². The predicted octanol–water partition coefficient (Wildman–Crippen LogP) is 3.00. The van der Waals surface area contributed by atoms with Gasteiger partial charge in [-0.2, -0.15) is 4.31 Å². The molecule has 7 heteroatoms. The molecular formula is C19H23NO5S. The normalized spacial score (nSPS) is 11.4. The van der Waals surface area contributed by atoms with Crippen molar-refractivity contribution >= 4 is 16.0 Å². The Balaban J connectivity index is 2.32. The Morgan fingerprint density at radius 3 is 2.54 bits per heavy atom. The van der Waals surface area contributed by atoms with E-state index in [4.69, 9.17) is 4.74 Å². The van der Waals surface area contributed by atoms with Crippen molar-refractivity contribution in [2.75, 3.05) is 20.8 Å². The highest BCUT2D eigenvalue weighted by atomic mass is 32.2. The zero-order chi connectivity index (χ0) is 19.3. The van der Waals surface area contributed by atoms with Crippen LogP contribution < -0.4 is 4.74 Å². The smallest absolute Gasteiger partial charge is 0.337 e. The lowest BCUT2D eigenvalue weighted by Crippen LogP contribution is -2.27. The lowest BCUT2D eigenvalue weighted by Gasteiger charge is -2.19. The Labute approximate surface area is 154 Å². The van der Waals surface area contributed by atoms with E-state index in [9.17, 15) is 13.2 Å². The maximum Gasteiger partial charge on any atom is 0.337 e. The van der Waals surface area contributed by atoms with Gasteiger partial charge in [-0.25, -0.2) is 13.2 Å². The molecule has 0 saturated heterocycles.